The Morgan fingerprint density at radius 3 is 2.74 bits per heavy atom. The molecule has 1 aromatic rings. The average Bonchev–Trinajstić information content (AvgIpc) is 2.62. The van der Waals surface area contributed by atoms with Crippen LogP contribution in [0.1, 0.15) is 25.0 Å². The number of carboxylic acid groups (broad SMARTS) is 1. The fourth-order valence-electron chi connectivity index (χ4n) is 1.85. The molecule has 0 aromatic heterocycles. The Morgan fingerprint density at radius 2 is 2.05 bits per heavy atom. The van der Waals surface area contributed by atoms with Crippen LogP contribution >= 0.6 is 11.6 Å². The van der Waals surface area contributed by atoms with E-state index in [1.165, 1.54) is 13.0 Å². The lowest BCUT2D eigenvalue weighted by Crippen LogP contribution is -2.18. The predicted molar refractivity (Wildman–Crippen MR) is 68.8 cm³/mol. The number of aliphatic carboxylic acids is 1. The molecule has 2 N–H and O–H groups in total. The molecule has 0 radical (unpaired) electrons. The zero-order valence-electron chi connectivity index (χ0n) is 10.4. The molecule has 0 saturated heterocycles. The van der Waals surface area contributed by atoms with Crippen molar-refractivity contribution in [2.45, 2.75) is 19.4 Å². The maximum atomic E-state index is 10.9. The van der Waals surface area contributed by atoms with Crippen molar-refractivity contribution in [1.82, 2.24) is 0 Å². The zero-order valence-corrected chi connectivity index (χ0v) is 11.2. The number of rotatable bonds is 3. The van der Waals surface area contributed by atoms with Gasteiger partial charge in [0.05, 0.1) is 30.3 Å². The van der Waals surface area contributed by atoms with E-state index in [4.69, 9.17) is 26.2 Å². The first kappa shape index (κ1) is 14.0. The molecule has 2 rings (SSSR count). The summed E-state index contributed by atoms with van der Waals surface area (Å²) >= 11 is 6.08. The number of aliphatic hydroxyl groups is 1. The van der Waals surface area contributed by atoms with Gasteiger partial charge >= 0.3 is 5.97 Å². The number of halogens is 1. The summed E-state index contributed by atoms with van der Waals surface area (Å²) in [5, 5.41) is 19.2. The number of ether oxygens (including phenoxy) is 2. The van der Waals surface area contributed by atoms with Crippen molar-refractivity contribution in [2.24, 2.45) is 5.92 Å². The fraction of sp³-hybridized carbons (Fsp3) is 0.462. The second-order valence-corrected chi connectivity index (χ2v) is 4.86. The van der Waals surface area contributed by atoms with Crippen molar-refractivity contribution >= 4 is 17.6 Å². The molecule has 6 heteroatoms. The van der Waals surface area contributed by atoms with E-state index in [1.54, 1.807) is 6.07 Å². The van der Waals surface area contributed by atoms with Gasteiger partial charge in [-0.1, -0.05) is 11.6 Å². The first-order valence-corrected chi connectivity index (χ1v) is 6.38. The first-order valence-electron chi connectivity index (χ1n) is 6.00. The summed E-state index contributed by atoms with van der Waals surface area (Å²) in [6.07, 6.45) is -0.402. The summed E-state index contributed by atoms with van der Waals surface area (Å²) in [5.41, 5.74) is 0.407. The third-order valence-electron chi connectivity index (χ3n) is 3.03. The molecule has 19 heavy (non-hydrogen) atoms. The van der Waals surface area contributed by atoms with Crippen LogP contribution in [0.3, 0.4) is 0 Å². The summed E-state index contributed by atoms with van der Waals surface area (Å²) in [6, 6.07) is 3.09. The van der Waals surface area contributed by atoms with Gasteiger partial charge in [0.25, 0.3) is 0 Å². The summed E-state index contributed by atoms with van der Waals surface area (Å²) < 4.78 is 11.0. The molecule has 104 valence electrons. The maximum absolute atomic E-state index is 10.9. The van der Waals surface area contributed by atoms with Crippen LogP contribution in [0.4, 0.5) is 0 Å². The normalized spacial score (nSPS) is 17.4. The van der Waals surface area contributed by atoms with E-state index in [1.807, 2.05) is 0 Å². The first-order chi connectivity index (χ1) is 9.00. The van der Waals surface area contributed by atoms with Crippen molar-refractivity contribution in [2.75, 3.05) is 13.2 Å². The van der Waals surface area contributed by atoms with Crippen LogP contribution in [0.2, 0.25) is 5.02 Å². The van der Waals surface area contributed by atoms with Crippen molar-refractivity contribution in [1.29, 1.82) is 0 Å². The minimum Gasteiger partial charge on any atom is -0.489 e. The van der Waals surface area contributed by atoms with Crippen LogP contribution in [-0.2, 0) is 4.79 Å². The number of hydrogen-bond donors (Lipinski definition) is 2. The minimum absolute atomic E-state index is 0.311. The quantitative estimate of drug-likeness (QED) is 0.891. The molecule has 1 aliphatic heterocycles. The standard InChI is InChI=1S/C13H15ClO5/c1-7(13(16)17)11(15)8-5-9(14)12-10(6-8)18-3-2-4-19-12/h5-7,11,15H,2-4H2,1H3,(H,16,17). The van der Waals surface area contributed by atoms with Crippen molar-refractivity contribution in [3.8, 4) is 11.5 Å². The third kappa shape index (κ3) is 2.93. The number of aliphatic hydroxyl groups excluding tert-OH is 1. The molecule has 0 amide bonds. The van der Waals surface area contributed by atoms with E-state index < -0.39 is 18.0 Å². The summed E-state index contributed by atoms with van der Waals surface area (Å²) in [4.78, 5) is 10.9. The van der Waals surface area contributed by atoms with Crippen LogP contribution in [0, 0.1) is 5.92 Å². The molecule has 5 nitrogen and oxygen atoms in total. The molecule has 2 atom stereocenters. The highest BCUT2D eigenvalue weighted by molar-refractivity contribution is 6.32. The lowest BCUT2D eigenvalue weighted by molar-refractivity contribution is -0.145. The lowest BCUT2D eigenvalue weighted by Gasteiger charge is -2.18. The summed E-state index contributed by atoms with van der Waals surface area (Å²) in [6.45, 7) is 2.45. The Hall–Kier alpha value is -1.46. The largest absolute Gasteiger partial charge is 0.489 e. The molecule has 0 bridgehead atoms. The van der Waals surface area contributed by atoms with Crippen molar-refractivity contribution < 1.29 is 24.5 Å². The van der Waals surface area contributed by atoms with Crippen LogP contribution in [-0.4, -0.2) is 29.4 Å². The van der Waals surface area contributed by atoms with Gasteiger partial charge in [0, 0.05) is 6.42 Å². The second-order valence-electron chi connectivity index (χ2n) is 4.45. The van der Waals surface area contributed by atoms with Gasteiger partial charge in [0.2, 0.25) is 0 Å². The Kier molecular flexibility index (Phi) is 4.17. The lowest BCUT2D eigenvalue weighted by atomic mass is 9.97. The van der Waals surface area contributed by atoms with Crippen LogP contribution in [0.5, 0.6) is 11.5 Å². The van der Waals surface area contributed by atoms with E-state index in [9.17, 15) is 9.90 Å². The van der Waals surface area contributed by atoms with Gasteiger partial charge in [-0.2, -0.15) is 0 Å². The highest BCUT2D eigenvalue weighted by atomic mass is 35.5. The Bertz CT molecular complexity index is 488. The molecule has 2 unspecified atom stereocenters. The molecular weight excluding hydrogens is 272 g/mol. The SMILES string of the molecule is CC(C(=O)O)C(O)c1cc(Cl)c2c(c1)OCCCO2. The van der Waals surface area contributed by atoms with Crippen molar-refractivity contribution in [3.05, 3.63) is 22.7 Å². The number of hydrogen-bond acceptors (Lipinski definition) is 4. The molecule has 1 heterocycles. The molecule has 0 spiro atoms. The van der Waals surface area contributed by atoms with E-state index >= 15 is 0 Å². The number of benzene rings is 1. The predicted octanol–water partition coefficient (Wildman–Crippen LogP) is 2.26. The summed E-state index contributed by atoms with van der Waals surface area (Å²) in [5.74, 6) is -1.12. The topological polar surface area (TPSA) is 76.0 Å². The number of carboxylic acids is 1. The fourth-order valence-corrected chi connectivity index (χ4v) is 2.12. The smallest absolute Gasteiger partial charge is 0.309 e. The van der Waals surface area contributed by atoms with Crippen molar-refractivity contribution in [3.63, 3.8) is 0 Å². The van der Waals surface area contributed by atoms with E-state index in [0.29, 0.717) is 35.3 Å². The molecular formula is C13H15ClO5. The number of fused-ring (bicyclic) bond motifs is 1. The average molecular weight is 287 g/mol. The monoisotopic (exact) mass is 286 g/mol. The van der Waals surface area contributed by atoms with E-state index in [-0.39, 0.29) is 0 Å². The third-order valence-corrected chi connectivity index (χ3v) is 3.31. The zero-order chi connectivity index (χ0) is 14.0. The molecule has 0 aliphatic carbocycles. The highest BCUT2D eigenvalue weighted by Gasteiger charge is 2.25. The van der Waals surface area contributed by atoms with Gasteiger partial charge < -0.3 is 19.7 Å². The minimum atomic E-state index is -1.15. The molecule has 0 fully saturated rings. The Morgan fingerprint density at radius 1 is 1.37 bits per heavy atom. The highest BCUT2D eigenvalue weighted by Crippen LogP contribution is 2.40. The maximum Gasteiger partial charge on any atom is 0.309 e. The van der Waals surface area contributed by atoms with E-state index in [0.717, 1.165) is 6.42 Å². The van der Waals surface area contributed by atoms with Gasteiger partial charge in [0.15, 0.2) is 11.5 Å². The van der Waals surface area contributed by atoms with Gasteiger partial charge in [-0.15, -0.1) is 0 Å². The van der Waals surface area contributed by atoms with Gasteiger partial charge in [-0.25, -0.2) is 0 Å². The molecule has 0 saturated carbocycles. The van der Waals surface area contributed by atoms with E-state index in [2.05, 4.69) is 0 Å². The van der Waals surface area contributed by atoms with Gasteiger partial charge in [0.1, 0.15) is 0 Å². The van der Waals surface area contributed by atoms with Gasteiger partial charge in [-0.05, 0) is 24.6 Å². The Balaban J connectivity index is 2.35. The molecule has 1 aromatic carbocycles. The summed E-state index contributed by atoms with van der Waals surface area (Å²) in [7, 11) is 0. The van der Waals surface area contributed by atoms with Crippen LogP contribution in [0.25, 0.3) is 0 Å². The second kappa shape index (κ2) is 5.67. The Labute approximate surface area is 115 Å². The van der Waals surface area contributed by atoms with Crippen LogP contribution in [0.15, 0.2) is 12.1 Å². The van der Waals surface area contributed by atoms with Crippen LogP contribution < -0.4 is 9.47 Å². The number of carbonyl (C=O) groups is 1. The molecule has 1 aliphatic rings. The van der Waals surface area contributed by atoms with Gasteiger partial charge in [-0.3, -0.25) is 4.79 Å².